The lowest BCUT2D eigenvalue weighted by Crippen LogP contribution is -2.14. The van der Waals surface area contributed by atoms with Crippen LogP contribution < -0.4 is 5.73 Å². The number of hydrogen-bond acceptors (Lipinski definition) is 2. The standard InChI is InChI=1S/C37H32N2/c1-37(2)32-21-10-9-19-31(32)36-30(20-12-22-33(36)37)28-17-11-18-29(23-28)35(39-25-26-13-5-3-6-14-26)24-34(38)27-15-7-4-8-16-27/h3-24H,25,38H2,1-2H3/b34-24-,39-35?. The lowest BCUT2D eigenvalue weighted by Gasteiger charge is -2.21. The minimum Gasteiger partial charge on any atom is -0.398 e. The largest absolute Gasteiger partial charge is 0.398 e. The first-order valence-corrected chi connectivity index (χ1v) is 13.5. The molecule has 5 aromatic rings. The van der Waals surface area contributed by atoms with Crippen molar-refractivity contribution in [2.45, 2.75) is 25.8 Å². The van der Waals surface area contributed by atoms with Gasteiger partial charge in [-0.05, 0) is 56.6 Å². The average molecular weight is 505 g/mol. The van der Waals surface area contributed by atoms with E-state index >= 15 is 0 Å². The first-order chi connectivity index (χ1) is 19.0. The minimum absolute atomic E-state index is 0.0330. The molecule has 190 valence electrons. The Labute approximate surface area is 231 Å². The van der Waals surface area contributed by atoms with E-state index in [0.717, 1.165) is 22.4 Å². The van der Waals surface area contributed by atoms with Gasteiger partial charge in [0.25, 0.3) is 0 Å². The van der Waals surface area contributed by atoms with Crippen molar-refractivity contribution in [2.75, 3.05) is 0 Å². The highest BCUT2D eigenvalue weighted by molar-refractivity contribution is 6.12. The van der Waals surface area contributed by atoms with Crippen molar-refractivity contribution in [3.63, 3.8) is 0 Å². The summed E-state index contributed by atoms with van der Waals surface area (Å²) in [6.07, 6.45) is 2.01. The summed E-state index contributed by atoms with van der Waals surface area (Å²) >= 11 is 0. The van der Waals surface area contributed by atoms with Gasteiger partial charge in [0, 0.05) is 16.7 Å². The van der Waals surface area contributed by atoms with E-state index in [0.29, 0.717) is 12.2 Å². The molecule has 0 atom stereocenters. The van der Waals surface area contributed by atoms with Gasteiger partial charge in [0.05, 0.1) is 12.3 Å². The molecule has 0 saturated heterocycles. The molecule has 0 amide bonds. The van der Waals surface area contributed by atoms with Crippen molar-refractivity contribution < 1.29 is 0 Å². The molecule has 2 heteroatoms. The number of benzene rings is 5. The highest BCUT2D eigenvalue weighted by Crippen LogP contribution is 2.51. The Balaban J connectivity index is 1.46. The summed E-state index contributed by atoms with van der Waals surface area (Å²) in [5, 5.41) is 0. The van der Waals surface area contributed by atoms with Crippen LogP contribution in [0.3, 0.4) is 0 Å². The second kappa shape index (κ2) is 10.2. The number of rotatable bonds is 6. The summed E-state index contributed by atoms with van der Waals surface area (Å²) in [7, 11) is 0. The Morgan fingerprint density at radius 2 is 1.28 bits per heavy atom. The van der Waals surface area contributed by atoms with Gasteiger partial charge in [0.15, 0.2) is 0 Å². The molecule has 1 aliphatic carbocycles. The van der Waals surface area contributed by atoms with E-state index in [2.05, 4.69) is 105 Å². The topological polar surface area (TPSA) is 38.4 Å². The minimum atomic E-state index is -0.0330. The van der Waals surface area contributed by atoms with E-state index in [-0.39, 0.29) is 5.41 Å². The van der Waals surface area contributed by atoms with Crippen LogP contribution in [0.1, 0.15) is 41.7 Å². The van der Waals surface area contributed by atoms with Crippen LogP contribution >= 0.6 is 0 Å². The fourth-order valence-electron chi connectivity index (χ4n) is 5.68. The van der Waals surface area contributed by atoms with Gasteiger partial charge in [0.2, 0.25) is 0 Å². The van der Waals surface area contributed by atoms with Crippen molar-refractivity contribution in [3.05, 3.63) is 161 Å². The molecule has 39 heavy (non-hydrogen) atoms. The van der Waals surface area contributed by atoms with E-state index in [1.807, 2.05) is 42.5 Å². The van der Waals surface area contributed by atoms with Crippen LogP contribution in [0.2, 0.25) is 0 Å². The molecular weight excluding hydrogens is 472 g/mol. The van der Waals surface area contributed by atoms with E-state index in [1.54, 1.807) is 0 Å². The molecule has 5 aromatic carbocycles. The van der Waals surface area contributed by atoms with Gasteiger partial charge in [-0.25, -0.2) is 0 Å². The summed E-state index contributed by atoms with van der Waals surface area (Å²) in [6, 6.07) is 44.6. The van der Waals surface area contributed by atoms with Crippen molar-refractivity contribution >= 4 is 11.4 Å². The Morgan fingerprint density at radius 3 is 2.08 bits per heavy atom. The number of nitrogens with zero attached hydrogens (tertiary/aromatic N) is 1. The third-order valence-electron chi connectivity index (χ3n) is 7.75. The van der Waals surface area contributed by atoms with Gasteiger partial charge < -0.3 is 5.73 Å². The predicted octanol–water partition coefficient (Wildman–Crippen LogP) is 8.65. The fourth-order valence-corrected chi connectivity index (χ4v) is 5.68. The monoisotopic (exact) mass is 504 g/mol. The van der Waals surface area contributed by atoms with Crippen molar-refractivity contribution in [1.29, 1.82) is 0 Å². The maximum Gasteiger partial charge on any atom is 0.0671 e. The van der Waals surface area contributed by atoms with Crippen LogP contribution in [-0.4, -0.2) is 5.71 Å². The maximum absolute atomic E-state index is 6.59. The lowest BCUT2D eigenvalue weighted by atomic mass is 9.82. The van der Waals surface area contributed by atoms with Crippen LogP contribution in [0.25, 0.3) is 28.0 Å². The van der Waals surface area contributed by atoms with Gasteiger partial charge >= 0.3 is 0 Å². The first kappa shape index (κ1) is 24.6. The smallest absolute Gasteiger partial charge is 0.0671 e. The summed E-state index contributed by atoms with van der Waals surface area (Å²) < 4.78 is 0. The van der Waals surface area contributed by atoms with Gasteiger partial charge in [-0.15, -0.1) is 0 Å². The van der Waals surface area contributed by atoms with E-state index in [4.69, 9.17) is 10.7 Å². The Morgan fingerprint density at radius 1 is 0.667 bits per heavy atom. The normalized spacial score (nSPS) is 14.1. The molecule has 6 rings (SSSR count). The van der Waals surface area contributed by atoms with Gasteiger partial charge in [0.1, 0.15) is 0 Å². The Hall–Kier alpha value is -4.69. The van der Waals surface area contributed by atoms with Crippen molar-refractivity contribution in [1.82, 2.24) is 0 Å². The quantitative estimate of drug-likeness (QED) is 0.231. The molecule has 0 saturated carbocycles. The molecule has 2 N–H and O–H groups in total. The van der Waals surface area contributed by atoms with Gasteiger partial charge in [-0.3, -0.25) is 4.99 Å². The first-order valence-electron chi connectivity index (χ1n) is 13.5. The van der Waals surface area contributed by atoms with Gasteiger partial charge in [-0.2, -0.15) is 0 Å². The molecule has 0 fully saturated rings. The Kier molecular flexibility index (Phi) is 6.46. The van der Waals surface area contributed by atoms with Gasteiger partial charge in [-0.1, -0.05) is 135 Å². The van der Waals surface area contributed by atoms with E-state index in [9.17, 15) is 0 Å². The molecule has 0 spiro atoms. The van der Waals surface area contributed by atoms with Crippen LogP contribution in [-0.2, 0) is 12.0 Å². The fraction of sp³-hybridized carbons (Fsp3) is 0.108. The zero-order valence-corrected chi connectivity index (χ0v) is 22.4. The highest BCUT2D eigenvalue weighted by atomic mass is 14.7. The predicted molar refractivity (Wildman–Crippen MR) is 165 cm³/mol. The van der Waals surface area contributed by atoms with Crippen LogP contribution in [0.5, 0.6) is 0 Å². The third kappa shape index (κ3) is 4.70. The number of fused-ring (bicyclic) bond motifs is 3. The molecule has 2 nitrogen and oxygen atoms in total. The highest BCUT2D eigenvalue weighted by Gasteiger charge is 2.36. The lowest BCUT2D eigenvalue weighted by molar-refractivity contribution is 0.660. The van der Waals surface area contributed by atoms with Crippen LogP contribution in [0.4, 0.5) is 0 Å². The Bertz CT molecular complexity index is 1690. The summed E-state index contributed by atoms with van der Waals surface area (Å²) in [5.41, 5.74) is 19.2. The second-order valence-corrected chi connectivity index (χ2v) is 10.6. The average Bonchev–Trinajstić information content (AvgIpc) is 3.23. The van der Waals surface area contributed by atoms with E-state index < -0.39 is 0 Å². The van der Waals surface area contributed by atoms with Crippen molar-refractivity contribution in [2.24, 2.45) is 10.7 Å². The van der Waals surface area contributed by atoms with Crippen molar-refractivity contribution in [3.8, 4) is 22.3 Å². The second-order valence-electron chi connectivity index (χ2n) is 10.6. The zero-order chi connectivity index (χ0) is 26.8. The number of hydrogen-bond donors (Lipinski definition) is 1. The molecule has 0 aliphatic heterocycles. The molecule has 0 heterocycles. The SMILES string of the molecule is CC1(C)c2ccccc2-c2c(-c3cccc(C(/C=C(\N)c4ccccc4)=NCc4ccccc4)c3)cccc21. The van der Waals surface area contributed by atoms with Crippen LogP contribution in [0.15, 0.2) is 138 Å². The summed E-state index contributed by atoms with van der Waals surface area (Å²) in [5.74, 6) is 0. The molecule has 0 radical (unpaired) electrons. The maximum atomic E-state index is 6.59. The third-order valence-corrected chi connectivity index (χ3v) is 7.75. The summed E-state index contributed by atoms with van der Waals surface area (Å²) in [6.45, 7) is 5.23. The molecule has 0 bridgehead atoms. The summed E-state index contributed by atoms with van der Waals surface area (Å²) in [4.78, 5) is 5.06. The molecule has 1 aliphatic rings. The molecule has 0 aromatic heterocycles. The molecular formula is C37H32N2. The molecule has 0 unspecified atom stereocenters. The number of nitrogens with two attached hydrogens (primary N) is 1. The number of aliphatic imine (C=N–C) groups is 1. The number of allylic oxidation sites excluding steroid dienone is 1. The zero-order valence-electron chi connectivity index (χ0n) is 22.4. The van der Waals surface area contributed by atoms with E-state index in [1.165, 1.54) is 33.4 Å². The van der Waals surface area contributed by atoms with Crippen LogP contribution in [0, 0.1) is 0 Å².